The van der Waals surface area contributed by atoms with Crippen LogP contribution in [-0.2, 0) is 0 Å². The average molecular weight is 348 g/mol. The fourth-order valence-corrected chi connectivity index (χ4v) is 2.49. The minimum Gasteiger partial charge on any atom is -0.491 e. The summed E-state index contributed by atoms with van der Waals surface area (Å²) >= 11 is 11.8. The quantitative estimate of drug-likeness (QED) is 0.672. The Bertz CT molecular complexity index is 809. The highest BCUT2D eigenvalue weighted by Crippen LogP contribution is 2.22. The molecule has 118 valence electrons. The lowest BCUT2D eigenvalue weighted by atomic mass is 10.2. The molecule has 0 spiro atoms. The van der Waals surface area contributed by atoms with Crippen molar-refractivity contribution in [1.29, 1.82) is 0 Å². The van der Waals surface area contributed by atoms with Crippen LogP contribution in [0.1, 0.15) is 6.92 Å². The van der Waals surface area contributed by atoms with Crippen molar-refractivity contribution in [2.45, 2.75) is 13.0 Å². The summed E-state index contributed by atoms with van der Waals surface area (Å²) in [7, 11) is 0. The number of halogens is 2. The van der Waals surface area contributed by atoms with Crippen LogP contribution < -0.4 is 10.1 Å². The van der Waals surface area contributed by atoms with E-state index in [0.29, 0.717) is 17.4 Å². The fraction of sp³-hybridized carbons (Fsp3) is 0.176. The van der Waals surface area contributed by atoms with E-state index < -0.39 is 0 Å². The third kappa shape index (κ3) is 4.03. The third-order valence-electron chi connectivity index (χ3n) is 3.27. The number of para-hydroxylation sites is 1. The van der Waals surface area contributed by atoms with Crippen LogP contribution in [-0.4, -0.2) is 22.6 Å². The van der Waals surface area contributed by atoms with Gasteiger partial charge in [0.25, 0.3) is 0 Å². The maximum Gasteiger partial charge on any atom is 0.224 e. The second-order valence-electron chi connectivity index (χ2n) is 5.17. The summed E-state index contributed by atoms with van der Waals surface area (Å²) in [6, 6.07) is 15.0. The number of nitrogens with one attached hydrogen (secondary N) is 1. The molecule has 2 aromatic carbocycles. The molecule has 1 heterocycles. The molecule has 0 radical (unpaired) electrons. The monoisotopic (exact) mass is 347 g/mol. The second-order valence-corrected chi connectivity index (χ2v) is 5.94. The molecule has 0 fully saturated rings. The van der Waals surface area contributed by atoms with Crippen molar-refractivity contribution < 1.29 is 4.74 Å². The summed E-state index contributed by atoms with van der Waals surface area (Å²) in [5.41, 5.74) is 0.806. The van der Waals surface area contributed by atoms with Crippen molar-refractivity contribution in [2.75, 3.05) is 11.9 Å². The van der Waals surface area contributed by atoms with Gasteiger partial charge in [0.2, 0.25) is 5.28 Å². The molecule has 23 heavy (non-hydrogen) atoms. The number of fused-ring (bicyclic) bond motifs is 1. The molecule has 0 aliphatic carbocycles. The Labute approximate surface area is 144 Å². The first-order valence-electron chi connectivity index (χ1n) is 7.19. The Morgan fingerprint density at radius 1 is 1.04 bits per heavy atom. The lowest BCUT2D eigenvalue weighted by Gasteiger charge is -2.17. The van der Waals surface area contributed by atoms with Gasteiger partial charge in [-0.3, -0.25) is 0 Å². The molecule has 0 amide bonds. The molecule has 3 rings (SSSR count). The first kappa shape index (κ1) is 15.8. The molecular weight excluding hydrogens is 333 g/mol. The molecule has 0 saturated carbocycles. The lowest BCUT2D eigenvalue weighted by molar-refractivity contribution is 0.304. The highest BCUT2D eigenvalue weighted by molar-refractivity contribution is 6.30. The van der Waals surface area contributed by atoms with Crippen LogP contribution in [0.4, 0.5) is 5.82 Å². The minimum absolute atomic E-state index is 0.0417. The molecule has 0 bridgehead atoms. The van der Waals surface area contributed by atoms with Gasteiger partial charge in [0.05, 0.1) is 11.6 Å². The van der Waals surface area contributed by atoms with Gasteiger partial charge in [0.15, 0.2) is 0 Å². The number of ether oxygens (including phenoxy) is 1. The van der Waals surface area contributed by atoms with Crippen LogP contribution in [0, 0.1) is 0 Å². The molecule has 0 aliphatic heterocycles. The molecule has 3 aromatic rings. The molecule has 0 saturated heterocycles. The van der Waals surface area contributed by atoms with E-state index in [-0.39, 0.29) is 11.3 Å². The Kier molecular flexibility index (Phi) is 4.84. The van der Waals surface area contributed by atoms with Crippen molar-refractivity contribution in [2.24, 2.45) is 0 Å². The third-order valence-corrected chi connectivity index (χ3v) is 3.69. The van der Waals surface area contributed by atoms with E-state index in [1.165, 1.54) is 0 Å². The smallest absolute Gasteiger partial charge is 0.224 e. The van der Waals surface area contributed by atoms with Crippen LogP contribution in [0.2, 0.25) is 10.3 Å². The zero-order chi connectivity index (χ0) is 16.2. The minimum atomic E-state index is 0.0417. The zero-order valence-corrected chi connectivity index (χ0v) is 14.0. The SMILES string of the molecule is CC(COc1ccc(Cl)cc1)Nc1nc(Cl)nc2ccccc12. The van der Waals surface area contributed by atoms with E-state index in [0.717, 1.165) is 16.7 Å². The lowest BCUT2D eigenvalue weighted by Crippen LogP contribution is -2.24. The van der Waals surface area contributed by atoms with Crippen LogP contribution in [0.15, 0.2) is 48.5 Å². The van der Waals surface area contributed by atoms with Crippen LogP contribution in [0.3, 0.4) is 0 Å². The summed E-state index contributed by atoms with van der Waals surface area (Å²) in [5, 5.41) is 5.15. The topological polar surface area (TPSA) is 47.0 Å². The molecule has 1 N–H and O–H groups in total. The summed E-state index contributed by atoms with van der Waals surface area (Å²) in [4.78, 5) is 8.49. The summed E-state index contributed by atoms with van der Waals surface area (Å²) in [5.74, 6) is 1.47. The number of hydrogen-bond donors (Lipinski definition) is 1. The Balaban J connectivity index is 1.70. The summed E-state index contributed by atoms with van der Waals surface area (Å²) in [6.45, 7) is 2.50. The van der Waals surface area contributed by atoms with Gasteiger partial charge in [0.1, 0.15) is 18.2 Å². The van der Waals surface area contributed by atoms with Gasteiger partial charge in [-0.2, -0.15) is 0 Å². The molecular formula is C17H15Cl2N3O. The van der Waals surface area contributed by atoms with E-state index in [4.69, 9.17) is 27.9 Å². The zero-order valence-electron chi connectivity index (χ0n) is 12.5. The first-order chi connectivity index (χ1) is 11.1. The second kappa shape index (κ2) is 7.02. The van der Waals surface area contributed by atoms with Gasteiger partial charge in [0, 0.05) is 10.4 Å². The standard InChI is InChI=1S/C17H15Cl2N3O/c1-11(10-23-13-8-6-12(18)7-9-13)20-16-14-4-2-3-5-15(14)21-17(19)22-16/h2-9,11H,10H2,1H3,(H,20,21,22). The highest BCUT2D eigenvalue weighted by atomic mass is 35.5. The molecule has 1 atom stereocenters. The maximum absolute atomic E-state index is 5.99. The number of aromatic nitrogens is 2. The van der Waals surface area contributed by atoms with Gasteiger partial charge in [-0.25, -0.2) is 9.97 Å². The van der Waals surface area contributed by atoms with Gasteiger partial charge >= 0.3 is 0 Å². The summed E-state index contributed by atoms with van der Waals surface area (Å²) in [6.07, 6.45) is 0. The fourth-order valence-electron chi connectivity index (χ4n) is 2.19. The average Bonchev–Trinajstić information content (AvgIpc) is 2.54. The van der Waals surface area contributed by atoms with Crippen molar-refractivity contribution in [3.63, 3.8) is 0 Å². The Morgan fingerprint density at radius 2 is 1.78 bits per heavy atom. The predicted molar refractivity (Wildman–Crippen MR) is 94.6 cm³/mol. The van der Waals surface area contributed by atoms with Crippen LogP contribution in [0.5, 0.6) is 5.75 Å². The van der Waals surface area contributed by atoms with Crippen LogP contribution in [0.25, 0.3) is 10.9 Å². The van der Waals surface area contributed by atoms with Gasteiger partial charge in [-0.15, -0.1) is 0 Å². The number of hydrogen-bond acceptors (Lipinski definition) is 4. The summed E-state index contributed by atoms with van der Waals surface area (Å²) < 4.78 is 5.74. The van der Waals surface area contributed by atoms with Gasteiger partial charge < -0.3 is 10.1 Å². The van der Waals surface area contributed by atoms with Gasteiger partial charge in [-0.1, -0.05) is 23.7 Å². The van der Waals surface area contributed by atoms with Crippen molar-refractivity contribution in [1.82, 2.24) is 9.97 Å². The molecule has 1 aromatic heterocycles. The van der Waals surface area contributed by atoms with Crippen molar-refractivity contribution >= 4 is 39.9 Å². The molecule has 1 unspecified atom stereocenters. The molecule has 0 aliphatic rings. The first-order valence-corrected chi connectivity index (χ1v) is 7.94. The maximum atomic E-state index is 5.99. The van der Waals surface area contributed by atoms with E-state index in [1.54, 1.807) is 12.1 Å². The van der Waals surface area contributed by atoms with E-state index >= 15 is 0 Å². The van der Waals surface area contributed by atoms with E-state index in [9.17, 15) is 0 Å². The Morgan fingerprint density at radius 3 is 2.57 bits per heavy atom. The Hall–Kier alpha value is -2.04. The number of anilines is 1. The molecule has 6 heteroatoms. The number of nitrogens with zero attached hydrogens (tertiary/aromatic N) is 2. The van der Waals surface area contributed by atoms with Gasteiger partial charge in [-0.05, 0) is 54.9 Å². The normalized spacial score (nSPS) is 12.1. The van der Waals surface area contributed by atoms with Crippen molar-refractivity contribution in [3.8, 4) is 5.75 Å². The molecule has 4 nitrogen and oxygen atoms in total. The van der Waals surface area contributed by atoms with Crippen molar-refractivity contribution in [3.05, 3.63) is 58.8 Å². The van der Waals surface area contributed by atoms with E-state index in [2.05, 4.69) is 15.3 Å². The van der Waals surface area contributed by atoms with E-state index in [1.807, 2.05) is 43.3 Å². The number of rotatable bonds is 5. The largest absolute Gasteiger partial charge is 0.491 e. The number of benzene rings is 2. The van der Waals surface area contributed by atoms with Crippen LogP contribution >= 0.6 is 23.2 Å². The highest BCUT2D eigenvalue weighted by Gasteiger charge is 2.10. The predicted octanol–water partition coefficient (Wildman–Crippen LogP) is 4.82.